The Kier molecular flexibility index (Phi) is 5.70. The number of carbonyl (C=O) groups excluding carboxylic acids is 2. The highest BCUT2D eigenvalue weighted by atomic mass is 16.5. The fourth-order valence-corrected chi connectivity index (χ4v) is 4.37. The zero-order valence-electron chi connectivity index (χ0n) is 18.3. The summed E-state index contributed by atoms with van der Waals surface area (Å²) >= 11 is 0. The van der Waals surface area contributed by atoms with Crippen LogP contribution in [-0.2, 0) is 11.3 Å². The second kappa shape index (κ2) is 8.78. The number of hydrogen-bond donors (Lipinski definition) is 2. The number of pyridine rings is 1. The number of aromatic nitrogens is 1. The summed E-state index contributed by atoms with van der Waals surface area (Å²) in [6.45, 7) is 4.49. The summed E-state index contributed by atoms with van der Waals surface area (Å²) in [7, 11) is 1.60. The van der Waals surface area contributed by atoms with E-state index < -0.39 is 0 Å². The third-order valence-corrected chi connectivity index (χ3v) is 6.46. The zero-order valence-corrected chi connectivity index (χ0v) is 18.3. The first-order valence-corrected chi connectivity index (χ1v) is 11.3. The molecule has 0 bridgehead atoms. The molecule has 2 fully saturated rings. The van der Waals surface area contributed by atoms with E-state index in [2.05, 4.69) is 31.5 Å². The standard InChI is InChI=1S/C24H29N5O3/c1-25-23(30)19-6-5-18(14-26-19)29-10-8-28(9-11-29)15-17-4-7-21-20(12-17)27-24(31)22(32-21)13-16-2-3-16/h4-7,12,14,16,22H,2-3,8-11,13,15H2,1H3,(H,25,30)(H,27,31)/t22-/m0/s1. The van der Waals surface area contributed by atoms with Crippen LogP contribution in [0, 0.1) is 5.92 Å². The number of piperazine rings is 1. The molecule has 3 heterocycles. The number of rotatable bonds is 6. The predicted molar refractivity (Wildman–Crippen MR) is 122 cm³/mol. The number of benzene rings is 1. The molecule has 2 aliphatic heterocycles. The molecule has 1 saturated carbocycles. The molecule has 2 N–H and O–H groups in total. The van der Waals surface area contributed by atoms with E-state index in [0.717, 1.165) is 56.3 Å². The van der Waals surface area contributed by atoms with Gasteiger partial charge in [0.2, 0.25) is 0 Å². The molecular formula is C24H29N5O3. The van der Waals surface area contributed by atoms with Crippen molar-refractivity contribution in [1.29, 1.82) is 0 Å². The lowest BCUT2D eigenvalue weighted by Gasteiger charge is -2.36. The van der Waals surface area contributed by atoms with E-state index in [9.17, 15) is 9.59 Å². The van der Waals surface area contributed by atoms with E-state index in [4.69, 9.17) is 4.74 Å². The van der Waals surface area contributed by atoms with Gasteiger partial charge in [0, 0.05) is 39.8 Å². The molecule has 3 aliphatic rings. The number of fused-ring (bicyclic) bond motifs is 1. The smallest absolute Gasteiger partial charge is 0.269 e. The van der Waals surface area contributed by atoms with Crippen LogP contribution in [0.3, 0.4) is 0 Å². The van der Waals surface area contributed by atoms with Gasteiger partial charge >= 0.3 is 0 Å². The molecule has 32 heavy (non-hydrogen) atoms. The molecule has 8 nitrogen and oxygen atoms in total. The summed E-state index contributed by atoms with van der Waals surface area (Å²) in [5, 5.41) is 5.63. The summed E-state index contributed by atoms with van der Waals surface area (Å²) in [6.07, 6.45) is 4.66. The first-order valence-electron chi connectivity index (χ1n) is 11.3. The Bertz CT molecular complexity index is 997. The average Bonchev–Trinajstić information content (AvgIpc) is 3.64. The van der Waals surface area contributed by atoms with Crippen molar-refractivity contribution in [2.75, 3.05) is 43.4 Å². The fourth-order valence-electron chi connectivity index (χ4n) is 4.37. The normalized spacial score (nSPS) is 20.8. The number of carbonyl (C=O) groups is 2. The maximum absolute atomic E-state index is 12.4. The monoisotopic (exact) mass is 435 g/mol. The van der Waals surface area contributed by atoms with E-state index in [1.54, 1.807) is 19.3 Å². The van der Waals surface area contributed by atoms with Gasteiger partial charge < -0.3 is 20.3 Å². The number of ether oxygens (including phenoxy) is 1. The Morgan fingerprint density at radius 3 is 2.69 bits per heavy atom. The van der Waals surface area contributed by atoms with E-state index in [0.29, 0.717) is 11.6 Å². The Labute approximate surface area is 187 Å². The molecule has 1 saturated heterocycles. The fraction of sp³-hybridized carbons (Fsp3) is 0.458. The third-order valence-electron chi connectivity index (χ3n) is 6.46. The summed E-state index contributed by atoms with van der Waals surface area (Å²) in [6, 6.07) is 9.84. The van der Waals surface area contributed by atoms with Gasteiger partial charge in [-0.2, -0.15) is 0 Å². The van der Waals surface area contributed by atoms with E-state index in [1.807, 2.05) is 18.2 Å². The van der Waals surface area contributed by atoms with Crippen molar-refractivity contribution < 1.29 is 14.3 Å². The Morgan fingerprint density at radius 1 is 1.19 bits per heavy atom. The van der Waals surface area contributed by atoms with Gasteiger partial charge in [0.25, 0.3) is 11.8 Å². The Balaban J connectivity index is 1.16. The molecule has 1 aromatic carbocycles. The molecule has 1 atom stereocenters. The minimum atomic E-state index is -0.353. The number of hydrogen-bond acceptors (Lipinski definition) is 6. The van der Waals surface area contributed by atoms with Crippen molar-refractivity contribution in [2.24, 2.45) is 5.92 Å². The molecule has 1 aromatic heterocycles. The highest BCUT2D eigenvalue weighted by Gasteiger charge is 2.34. The summed E-state index contributed by atoms with van der Waals surface area (Å²) in [5.74, 6) is 1.23. The summed E-state index contributed by atoms with van der Waals surface area (Å²) in [5.41, 5.74) is 3.41. The van der Waals surface area contributed by atoms with Gasteiger partial charge in [0.1, 0.15) is 11.4 Å². The first kappa shape index (κ1) is 20.8. The lowest BCUT2D eigenvalue weighted by Crippen LogP contribution is -2.46. The largest absolute Gasteiger partial charge is 0.478 e. The van der Waals surface area contributed by atoms with Crippen molar-refractivity contribution in [3.05, 3.63) is 47.8 Å². The highest BCUT2D eigenvalue weighted by molar-refractivity contribution is 5.97. The lowest BCUT2D eigenvalue weighted by atomic mass is 10.1. The predicted octanol–water partition coefficient (Wildman–Crippen LogP) is 2.26. The first-order chi connectivity index (χ1) is 15.6. The number of amides is 2. The van der Waals surface area contributed by atoms with Gasteiger partial charge in [-0.15, -0.1) is 0 Å². The van der Waals surface area contributed by atoms with Crippen LogP contribution in [0.2, 0.25) is 0 Å². The molecule has 168 valence electrons. The molecular weight excluding hydrogens is 406 g/mol. The second-order valence-corrected chi connectivity index (χ2v) is 8.85. The molecule has 1 aliphatic carbocycles. The van der Waals surface area contributed by atoms with Crippen LogP contribution >= 0.6 is 0 Å². The molecule has 0 radical (unpaired) electrons. The molecule has 2 amide bonds. The number of anilines is 2. The van der Waals surface area contributed by atoms with Gasteiger partial charge in [-0.1, -0.05) is 18.9 Å². The highest BCUT2D eigenvalue weighted by Crippen LogP contribution is 2.38. The quantitative estimate of drug-likeness (QED) is 0.724. The van der Waals surface area contributed by atoms with Crippen LogP contribution in [0.25, 0.3) is 0 Å². The minimum absolute atomic E-state index is 0.0220. The van der Waals surface area contributed by atoms with Crippen LogP contribution in [0.4, 0.5) is 11.4 Å². The number of nitrogens with one attached hydrogen (secondary N) is 2. The van der Waals surface area contributed by atoms with Gasteiger partial charge in [-0.25, -0.2) is 4.98 Å². The Hall–Kier alpha value is -3.13. The second-order valence-electron chi connectivity index (χ2n) is 8.85. The topological polar surface area (TPSA) is 86.8 Å². The van der Waals surface area contributed by atoms with E-state index in [-0.39, 0.29) is 17.9 Å². The van der Waals surface area contributed by atoms with Crippen molar-refractivity contribution in [3.63, 3.8) is 0 Å². The van der Waals surface area contributed by atoms with Gasteiger partial charge in [-0.3, -0.25) is 14.5 Å². The van der Waals surface area contributed by atoms with Crippen molar-refractivity contribution in [3.8, 4) is 5.75 Å². The molecule has 5 rings (SSSR count). The SMILES string of the molecule is CNC(=O)c1ccc(N2CCN(Cc3ccc4c(c3)NC(=O)[C@H](CC3CC3)O4)CC2)cn1. The van der Waals surface area contributed by atoms with Crippen LogP contribution < -0.4 is 20.3 Å². The maximum Gasteiger partial charge on any atom is 0.269 e. The van der Waals surface area contributed by atoms with Crippen molar-refractivity contribution >= 4 is 23.2 Å². The third kappa shape index (κ3) is 4.55. The van der Waals surface area contributed by atoms with Crippen molar-refractivity contribution in [1.82, 2.24) is 15.2 Å². The summed E-state index contributed by atoms with van der Waals surface area (Å²) in [4.78, 5) is 33.0. The van der Waals surface area contributed by atoms with Crippen LogP contribution in [0.15, 0.2) is 36.5 Å². The zero-order chi connectivity index (χ0) is 22.1. The molecule has 0 spiro atoms. The Morgan fingerprint density at radius 2 is 2.00 bits per heavy atom. The van der Waals surface area contributed by atoms with E-state index in [1.165, 1.54) is 18.4 Å². The van der Waals surface area contributed by atoms with Crippen LogP contribution in [0.5, 0.6) is 5.75 Å². The molecule has 0 unspecified atom stereocenters. The lowest BCUT2D eigenvalue weighted by molar-refractivity contribution is -0.124. The maximum atomic E-state index is 12.4. The van der Waals surface area contributed by atoms with Gasteiger partial charge in [0.15, 0.2) is 6.10 Å². The summed E-state index contributed by atoms with van der Waals surface area (Å²) < 4.78 is 5.97. The van der Waals surface area contributed by atoms with E-state index >= 15 is 0 Å². The van der Waals surface area contributed by atoms with Gasteiger partial charge in [-0.05, 0) is 42.2 Å². The average molecular weight is 436 g/mol. The van der Waals surface area contributed by atoms with Gasteiger partial charge in [0.05, 0.1) is 17.6 Å². The minimum Gasteiger partial charge on any atom is -0.478 e. The van der Waals surface area contributed by atoms with Crippen molar-refractivity contribution in [2.45, 2.75) is 31.9 Å². The molecule has 2 aromatic rings. The van der Waals surface area contributed by atoms with Crippen LogP contribution in [-0.4, -0.2) is 61.0 Å². The molecule has 8 heteroatoms. The van der Waals surface area contributed by atoms with Crippen LogP contribution in [0.1, 0.15) is 35.3 Å². The number of nitrogens with zero attached hydrogens (tertiary/aromatic N) is 3.